The molecule has 3 rings (SSSR count). The van der Waals surface area contributed by atoms with E-state index in [9.17, 15) is 0 Å². The van der Waals surface area contributed by atoms with Crippen LogP contribution in [0.2, 0.25) is 0 Å². The third kappa shape index (κ3) is 3.01. The Balaban J connectivity index is 1.67. The molecule has 19 heavy (non-hydrogen) atoms. The molecule has 0 saturated carbocycles. The molecule has 0 bridgehead atoms. The van der Waals surface area contributed by atoms with E-state index in [0.29, 0.717) is 5.92 Å². The number of rotatable bonds is 3. The van der Waals surface area contributed by atoms with Gasteiger partial charge in [0, 0.05) is 36.8 Å². The van der Waals surface area contributed by atoms with E-state index >= 15 is 0 Å². The largest absolute Gasteiger partial charge is 0.297 e. The molecule has 3 nitrogen and oxygen atoms in total. The summed E-state index contributed by atoms with van der Waals surface area (Å²) in [5.74, 6) is 0.609. The van der Waals surface area contributed by atoms with E-state index in [4.69, 9.17) is 0 Å². The number of piperidine rings is 1. The van der Waals surface area contributed by atoms with Crippen molar-refractivity contribution in [1.82, 2.24) is 14.9 Å². The number of nitrogens with zero attached hydrogens (tertiary/aromatic N) is 3. The van der Waals surface area contributed by atoms with Crippen molar-refractivity contribution in [2.24, 2.45) is 0 Å². The smallest absolute Gasteiger partial charge is 0.0968 e. The lowest BCUT2D eigenvalue weighted by Gasteiger charge is -2.31. The molecule has 0 unspecified atom stereocenters. The third-order valence-corrected chi connectivity index (χ3v) is 4.74. The van der Waals surface area contributed by atoms with E-state index in [2.05, 4.69) is 33.2 Å². The van der Waals surface area contributed by atoms with Crippen LogP contribution in [0, 0.1) is 6.92 Å². The van der Waals surface area contributed by atoms with Crippen LogP contribution >= 0.6 is 11.3 Å². The van der Waals surface area contributed by atoms with Crippen LogP contribution in [-0.2, 0) is 6.54 Å². The summed E-state index contributed by atoms with van der Waals surface area (Å²) in [6, 6.07) is 4.15. The topological polar surface area (TPSA) is 29.0 Å². The number of thiazole rings is 1. The van der Waals surface area contributed by atoms with Gasteiger partial charge in [-0.25, -0.2) is 4.98 Å². The Morgan fingerprint density at radius 3 is 3.11 bits per heavy atom. The minimum absolute atomic E-state index is 0.609. The zero-order valence-electron chi connectivity index (χ0n) is 11.2. The second kappa shape index (κ2) is 5.80. The Hall–Kier alpha value is -1.26. The highest BCUT2D eigenvalue weighted by Gasteiger charge is 2.23. The number of hydrogen-bond acceptors (Lipinski definition) is 4. The SMILES string of the molecule is Cc1cccnc1CN1CCC[C@@H](c2nccs2)C1. The summed E-state index contributed by atoms with van der Waals surface area (Å²) >= 11 is 1.79. The molecule has 4 heteroatoms. The molecule has 0 amide bonds. The van der Waals surface area contributed by atoms with Gasteiger partial charge in [0.25, 0.3) is 0 Å². The average molecular weight is 273 g/mol. The Bertz CT molecular complexity index is 524. The standard InChI is InChI=1S/C15H19N3S/c1-12-4-2-6-16-14(12)11-18-8-3-5-13(10-18)15-17-7-9-19-15/h2,4,6-7,9,13H,3,5,8,10-11H2,1H3/t13-/m1/s1. The highest BCUT2D eigenvalue weighted by atomic mass is 32.1. The lowest BCUT2D eigenvalue weighted by Crippen LogP contribution is -2.34. The normalized spacial score (nSPS) is 20.6. The first-order chi connectivity index (χ1) is 9.33. The first-order valence-electron chi connectivity index (χ1n) is 6.85. The highest BCUT2D eigenvalue weighted by molar-refractivity contribution is 7.09. The summed E-state index contributed by atoms with van der Waals surface area (Å²) in [6.07, 6.45) is 6.34. The van der Waals surface area contributed by atoms with Gasteiger partial charge < -0.3 is 0 Å². The first-order valence-corrected chi connectivity index (χ1v) is 7.73. The van der Waals surface area contributed by atoms with Crippen molar-refractivity contribution in [2.45, 2.75) is 32.2 Å². The van der Waals surface area contributed by atoms with Crippen molar-refractivity contribution in [3.05, 3.63) is 46.2 Å². The molecule has 0 aliphatic carbocycles. The van der Waals surface area contributed by atoms with Gasteiger partial charge in [-0.15, -0.1) is 11.3 Å². The molecule has 1 aliphatic heterocycles. The second-order valence-electron chi connectivity index (χ2n) is 5.21. The van der Waals surface area contributed by atoms with Gasteiger partial charge in [-0.1, -0.05) is 6.07 Å². The molecule has 1 atom stereocenters. The molecule has 1 fully saturated rings. The van der Waals surface area contributed by atoms with Crippen molar-refractivity contribution in [1.29, 1.82) is 0 Å². The van der Waals surface area contributed by atoms with Gasteiger partial charge in [-0.2, -0.15) is 0 Å². The Kier molecular flexibility index (Phi) is 3.89. The number of hydrogen-bond donors (Lipinski definition) is 0. The molecular formula is C15H19N3S. The molecule has 0 spiro atoms. The van der Waals surface area contributed by atoms with E-state index in [-0.39, 0.29) is 0 Å². The van der Waals surface area contributed by atoms with E-state index in [1.165, 1.54) is 35.7 Å². The maximum absolute atomic E-state index is 4.51. The molecule has 1 aliphatic rings. The zero-order valence-corrected chi connectivity index (χ0v) is 12.1. The minimum atomic E-state index is 0.609. The number of pyridine rings is 1. The summed E-state index contributed by atoms with van der Waals surface area (Å²) in [6.45, 7) is 5.40. The van der Waals surface area contributed by atoms with Gasteiger partial charge in [0.05, 0.1) is 10.7 Å². The molecular weight excluding hydrogens is 254 g/mol. The van der Waals surface area contributed by atoms with E-state index in [0.717, 1.165) is 13.1 Å². The van der Waals surface area contributed by atoms with Gasteiger partial charge in [-0.3, -0.25) is 9.88 Å². The number of aryl methyl sites for hydroxylation is 1. The van der Waals surface area contributed by atoms with Crippen LogP contribution in [0.25, 0.3) is 0 Å². The van der Waals surface area contributed by atoms with Crippen molar-refractivity contribution >= 4 is 11.3 Å². The number of likely N-dealkylation sites (tertiary alicyclic amines) is 1. The second-order valence-corrected chi connectivity index (χ2v) is 6.14. The Morgan fingerprint density at radius 1 is 1.37 bits per heavy atom. The lowest BCUT2D eigenvalue weighted by atomic mass is 9.98. The molecule has 2 aromatic rings. The number of aromatic nitrogens is 2. The maximum Gasteiger partial charge on any atom is 0.0968 e. The van der Waals surface area contributed by atoms with Gasteiger partial charge in [0.1, 0.15) is 0 Å². The molecule has 100 valence electrons. The molecule has 2 aromatic heterocycles. The van der Waals surface area contributed by atoms with E-state index in [1.807, 2.05) is 18.5 Å². The van der Waals surface area contributed by atoms with Crippen molar-refractivity contribution in [3.8, 4) is 0 Å². The van der Waals surface area contributed by atoms with E-state index in [1.54, 1.807) is 11.3 Å². The van der Waals surface area contributed by atoms with Crippen LogP contribution in [0.5, 0.6) is 0 Å². The minimum Gasteiger partial charge on any atom is -0.297 e. The van der Waals surface area contributed by atoms with Crippen LogP contribution in [0.15, 0.2) is 29.9 Å². The maximum atomic E-state index is 4.51. The van der Waals surface area contributed by atoms with Crippen molar-refractivity contribution in [3.63, 3.8) is 0 Å². The van der Waals surface area contributed by atoms with Gasteiger partial charge in [-0.05, 0) is 37.9 Å². The fraction of sp³-hybridized carbons (Fsp3) is 0.467. The predicted octanol–water partition coefficient (Wildman–Crippen LogP) is 3.23. The average Bonchev–Trinajstić information content (AvgIpc) is 2.96. The van der Waals surface area contributed by atoms with Crippen LogP contribution in [0.4, 0.5) is 0 Å². The van der Waals surface area contributed by atoms with Gasteiger partial charge in [0.15, 0.2) is 0 Å². The fourth-order valence-electron chi connectivity index (χ4n) is 2.73. The third-order valence-electron chi connectivity index (χ3n) is 3.80. The van der Waals surface area contributed by atoms with Crippen LogP contribution < -0.4 is 0 Å². The van der Waals surface area contributed by atoms with Crippen molar-refractivity contribution in [2.75, 3.05) is 13.1 Å². The van der Waals surface area contributed by atoms with Crippen LogP contribution in [-0.4, -0.2) is 28.0 Å². The lowest BCUT2D eigenvalue weighted by molar-refractivity contribution is 0.197. The first kappa shape index (κ1) is 12.8. The summed E-state index contributed by atoms with van der Waals surface area (Å²) in [5, 5.41) is 3.37. The zero-order chi connectivity index (χ0) is 13.1. The molecule has 0 radical (unpaired) electrons. The van der Waals surface area contributed by atoms with Crippen molar-refractivity contribution < 1.29 is 0 Å². The molecule has 1 saturated heterocycles. The van der Waals surface area contributed by atoms with Gasteiger partial charge >= 0.3 is 0 Å². The Labute approximate surface area is 118 Å². The van der Waals surface area contributed by atoms with Crippen LogP contribution in [0.3, 0.4) is 0 Å². The summed E-state index contributed by atoms with van der Waals surface area (Å²) < 4.78 is 0. The fourth-order valence-corrected chi connectivity index (χ4v) is 3.50. The summed E-state index contributed by atoms with van der Waals surface area (Å²) in [4.78, 5) is 11.5. The Morgan fingerprint density at radius 2 is 2.32 bits per heavy atom. The molecule has 0 N–H and O–H groups in total. The van der Waals surface area contributed by atoms with Gasteiger partial charge in [0.2, 0.25) is 0 Å². The molecule has 0 aromatic carbocycles. The van der Waals surface area contributed by atoms with E-state index < -0.39 is 0 Å². The quantitative estimate of drug-likeness (QED) is 0.859. The highest BCUT2D eigenvalue weighted by Crippen LogP contribution is 2.28. The molecule has 3 heterocycles. The monoisotopic (exact) mass is 273 g/mol. The summed E-state index contributed by atoms with van der Waals surface area (Å²) in [7, 11) is 0. The summed E-state index contributed by atoms with van der Waals surface area (Å²) in [5.41, 5.74) is 2.50. The van der Waals surface area contributed by atoms with Crippen LogP contribution in [0.1, 0.15) is 35.0 Å². The predicted molar refractivity (Wildman–Crippen MR) is 78.3 cm³/mol.